The number of rotatable bonds is 7. The van der Waals surface area contributed by atoms with Crippen LogP contribution in [0.25, 0.3) is 0 Å². The van der Waals surface area contributed by atoms with Crippen LogP contribution < -0.4 is 5.32 Å². The molecule has 3 aromatic rings. The van der Waals surface area contributed by atoms with E-state index in [0.717, 1.165) is 16.7 Å². The molecular formula is C22H18F3NO4S3. The molecule has 0 radical (unpaired) electrons. The highest BCUT2D eigenvalue weighted by molar-refractivity contribution is 8.00. The van der Waals surface area contributed by atoms with E-state index in [1.165, 1.54) is 42.1 Å². The van der Waals surface area contributed by atoms with Gasteiger partial charge in [0.25, 0.3) is 5.91 Å². The number of carbonyl (C=O) groups is 1. The van der Waals surface area contributed by atoms with Gasteiger partial charge in [-0.3, -0.25) is 4.79 Å². The van der Waals surface area contributed by atoms with Crippen LogP contribution in [0.4, 0.5) is 18.9 Å². The van der Waals surface area contributed by atoms with Crippen molar-refractivity contribution < 1.29 is 31.5 Å². The van der Waals surface area contributed by atoms with Crippen LogP contribution in [0.2, 0.25) is 0 Å². The zero-order valence-electron chi connectivity index (χ0n) is 17.1. The van der Waals surface area contributed by atoms with E-state index in [-0.39, 0.29) is 27.2 Å². The van der Waals surface area contributed by atoms with E-state index >= 15 is 0 Å². The second-order valence-electron chi connectivity index (χ2n) is 6.91. The van der Waals surface area contributed by atoms with Crippen LogP contribution in [0.3, 0.4) is 0 Å². The van der Waals surface area contributed by atoms with Crippen molar-refractivity contribution in [3.63, 3.8) is 0 Å². The van der Waals surface area contributed by atoms with Crippen molar-refractivity contribution in [1.82, 2.24) is 0 Å². The Balaban J connectivity index is 1.59. The highest BCUT2D eigenvalue weighted by Crippen LogP contribution is 2.37. The quantitative estimate of drug-likeness (QED) is 0.300. The molecule has 0 aliphatic carbocycles. The minimum atomic E-state index is -4.32. The predicted octanol–water partition coefficient (Wildman–Crippen LogP) is 5.95. The Bertz CT molecular complexity index is 1240. The fourth-order valence-electron chi connectivity index (χ4n) is 2.75. The van der Waals surface area contributed by atoms with E-state index in [4.69, 9.17) is 0 Å². The molecule has 3 aromatic carbocycles. The van der Waals surface area contributed by atoms with Gasteiger partial charge in [-0.25, -0.2) is 8.42 Å². The maximum absolute atomic E-state index is 12.5. The maximum Gasteiger partial charge on any atom is 0.446 e. The van der Waals surface area contributed by atoms with Gasteiger partial charge < -0.3 is 10.4 Å². The van der Waals surface area contributed by atoms with Gasteiger partial charge in [0, 0.05) is 33.1 Å². The molecule has 0 aliphatic rings. The lowest BCUT2D eigenvalue weighted by Gasteiger charge is -2.09. The summed E-state index contributed by atoms with van der Waals surface area (Å²) in [5.41, 5.74) is -2.88. The third kappa shape index (κ3) is 7.44. The van der Waals surface area contributed by atoms with Gasteiger partial charge in [0.05, 0.1) is 0 Å². The number of hydrogen-bond donors (Lipinski definition) is 2. The van der Waals surface area contributed by atoms with E-state index in [1.807, 2.05) is 0 Å². The molecule has 33 heavy (non-hydrogen) atoms. The fourth-order valence-corrected chi connectivity index (χ4v) is 4.93. The van der Waals surface area contributed by atoms with Crippen LogP contribution >= 0.6 is 23.5 Å². The Labute approximate surface area is 197 Å². The van der Waals surface area contributed by atoms with Crippen molar-refractivity contribution in [2.45, 2.75) is 25.9 Å². The van der Waals surface area contributed by atoms with Gasteiger partial charge in [0.15, 0.2) is 9.84 Å². The molecule has 0 fully saturated rings. The molecule has 174 valence electrons. The summed E-state index contributed by atoms with van der Waals surface area (Å²) in [6.07, 6.45) is 0.958. The number of halogens is 3. The Hall–Kier alpha value is -2.63. The molecule has 0 aromatic heterocycles. The van der Waals surface area contributed by atoms with Crippen LogP contribution in [0, 0.1) is 0 Å². The van der Waals surface area contributed by atoms with Gasteiger partial charge in [-0.2, -0.15) is 13.2 Å². The van der Waals surface area contributed by atoms with Gasteiger partial charge >= 0.3 is 5.51 Å². The number of sulfone groups is 1. The largest absolute Gasteiger partial charge is 0.507 e. The average molecular weight is 514 g/mol. The van der Waals surface area contributed by atoms with Crippen molar-refractivity contribution in [1.29, 1.82) is 0 Å². The van der Waals surface area contributed by atoms with E-state index in [2.05, 4.69) is 5.32 Å². The SMILES string of the molecule is CS(=O)(=O)c1cc(NC(=O)c2ccc(SCc3ccc(SC(F)(F)F)cc3)cc2)ccc1O. The number of carbonyl (C=O) groups excluding carboxylic acids is 1. The molecule has 5 nitrogen and oxygen atoms in total. The zero-order chi connectivity index (χ0) is 24.2. The van der Waals surface area contributed by atoms with Gasteiger partial charge in [0.2, 0.25) is 0 Å². The van der Waals surface area contributed by atoms with Gasteiger partial charge in [-0.15, -0.1) is 11.8 Å². The lowest BCUT2D eigenvalue weighted by atomic mass is 10.2. The Kier molecular flexibility index (Phi) is 7.65. The molecule has 3 rings (SSSR count). The van der Waals surface area contributed by atoms with E-state index in [9.17, 15) is 31.5 Å². The zero-order valence-corrected chi connectivity index (χ0v) is 19.5. The molecule has 0 saturated heterocycles. The number of alkyl halides is 3. The van der Waals surface area contributed by atoms with Crippen LogP contribution in [0.1, 0.15) is 15.9 Å². The number of thioether (sulfide) groups is 2. The molecule has 0 unspecified atom stereocenters. The first-order valence-electron chi connectivity index (χ1n) is 9.33. The third-order valence-corrected chi connectivity index (χ3v) is 7.24. The Morgan fingerprint density at radius 1 is 0.970 bits per heavy atom. The lowest BCUT2D eigenvalue weighted by molar-refractivity contribution is -0.0328. The van der Waals surface area contributed by atoms with Crippen molar-refractivity contribution >= 4 is 45.0 Å². The first-order chi connectivity index (χ1) is 15.4. The highest BCUT2D eigenvalue weighted by Gasteiger charge is 2.29. The van der Waals surface area contributed by atoms with Crippen molar-refractivity contribution in [2.24, 2.45) is 0 Å². The minimum absolute atomic E-state index is 0.129. The molecule has 0 bridgehead atoms. The van der Waals surface area contributed by atoms with Crippen LogP contribution in [-0.2, 0) is 15.6 Å². The van der Waals surface area contributed by atoms with Gasteiger partial charge in [0.1, 0.15) is 10.6 Å². The summed E-state index contributed by atoms with van der Waals surface area (Å²) in [6, 6.07) is 16.6. The smallest absolute Gasteiger partial charge is 0.446 e. The molecule has 0 spiro atoms. The molecule has 1 amide bonds. The second-order valence-corrected chi connectivity index (χ2v) is 11.1. The summed E-state index contributed by atoms with van der Waals surface area (Å²) in [4.78, 5) is 13.2. The average Bonchev–Trinajstić information content (AvgIpc) is 2.73. The number of phenols is 1. The van der Waals surface area contributed by atoms with Crippen molar-refractivity contribution in [2.75, 3.05) is 11.6 Å². The summed E-state index contributed by atoms with van der Waals surface area (Å²) < 4.78 is 60.6. The van der Waals surface area contributed by atoms with E-state index < -0.39 is 27.0 Å². The monoisotopic (exact) mass is 513 g/mol. The molecule has 2 N–H and O–H groups in total. The first kappa shape index (κ1) is 25.0. The number of anilines is 1. The topological polar surface area (TPSA) is 83.5 Å². The van der Waals surface area contributed by atoms with Crippen LogP contribution in [0.15, 0.2) is 81.4 Å². The molecule has 0 atom stereocenters. The summed E-state index contributed by atoms with van der Waals surface area (Å²) in [6.45, 7) is 0. The number of hydrogen-bond acceptors (Lipinski definition) is 6. The normalized spacial score (nSPS) is 11.9. The van der Waals surface area contributed by atoms with Crippen molar-refractivity contribution in [3.8, 4) is 5.75 Å². The van der Waals surface area contributed by atoms with E-state index in [1.54, 1.807) is 36.4 Å². The molecule has 0 heterocycles. The Morgan fingerprint density at radius 2 is 1.58 bits per heavy atom. The fraction of sp³-hybridized carbons (Fsp3) is 0.136. The van der Waals surface area contributed by atoms with Gasteiger partial charge in [-0.1, -0.05) is 12.1 Å². The molecular weight excluding hydrogens is 495 g/mol. The van der Waals surface area contributed by atoms with E-state index in [0.29, 0.717) is 11.3 Å². The minimum Gasteiger partial charge on any atom is -0.507 e. The first-order valence-corrected chi connectivity index (χ1v) is 13.0. The summed E-state index contributed by atoms with van der Waals surface area (Å²) in [5, 5.41) is 12.3. The summed E-state index contributed by atoms with van der Waals surface area (Å²) in [7, 11) is -3.66. The molecule has 0 saturated carbocycles. The second kappa shape index (κ2) is 10.1. The summed E-state index contributed by atoms with van der Waals surface area (Å²) in [5.74, 6) is -0.301. The standard InChI is InChI=1S/C22H18F3NO4S3/c1-33(29,30)20-12-16(6-11-19(20)27)26-21(28)15-4-9-17(10-5-15)31-13-14-2-7-18(8-3-14)32-22(23,24)25/h2-12,27H,13H2,1H3,(H,26,28). The van der Waals surface area contributed by atoms with Crippen LogP contribution in [-0.4, -0.2) is 31.2 Å². The highest BCUT2D eigenvalue weighted by atomic mass is 32.2. The predicted molar refractivity (Wildman–Crippen MR) is 124 cm³/mol. The van der Waals surface area contributed by atoms with Crippen molar-refractivity contribution in [3.05, 3.63) is 77.9 Å². The van der Waals surface area contributed by atoms with Gasteiger partial charge in [-0.05, 0) is 71.9 Å². The number of aromatic hydroxyl groups is 1. The number of amides is 1. The lowest BCUT2D eigenvalue weighted by Crippen LogP contribution is -2.12. The maximum atomic E-state index is 12.5. The number of nitrogens with one attached hydrogen (secondary N) is 1. The Morgan fingerprint density at radius 3 is 2.15 bits per heavy atom. The summed E-state index contributed by atoms with van der Waals surface area (Å²) >= 11 is 1.31. The molecule has 11 heteroatoms. The van der Waals surface area contributed by atoms with Crippen LogP contribution in [0.5, 0.6) is 5.75 Å². The number of phenolic OH excluding ortho intramolecular Hbond substituents is 1. The molecule has 0 aliphatic heterocycles. The number of benzene rings is 3. The third-order valence-electron chi connectivity index (χ3n) is 4.30.